The molecule has 0 bridgehead atoms. The second kappa shape index (κ2) is 9.99. The molecule has 0 radical (unpaired) electrons. The Morgan fingerprint density at radius 3 is 2.47 bits per heavy atom. The lowest BCUT2D eigenvalue weighted by molar-refractivity contribution is -0.120. The van der Waals surface area contributed by atoms with E-state index in [1.807, 2.05) is 42.8 Å². The van der Waals surface area contributed by atoms with Crippen LogP contribution in [0.5, 0.6) is 5.75 Å². The highest BCUT2D eigenvalue weighted by molar-refractivity contribution is 7.89. The number of piperidine rings is 1. The van der Waals surface area contributed by atoms with Crippen molar-refractivity contribution in [3.8, 4) is 5.75 Å². The minimum atomic E-state index is -3.54. The number of sulfonamides is 1. The Morgan fingerprint density at radius 2 is 1.79 bits per heavy atom. The van der Waals surface area contributed by atoms with Crippen LogP contribution in [0.4, 0.5) is 5.69 Å². The number of carbonyl (C=O) groups is 1. The summed E-state index contributed by atoms with van der Waals surface area (Å²) < 4.78 is 34.3. The van der Waals surface area contributed by atoms with E-state index in [1.54, 1.807) is 37.4 Å². The molecule has 1 fully saturated rings. The Hall–Kier alpha value is -3.17. The number of carbonyl (C=O) groups excluding carboxylic acids is 1. The number of aryl methyl sites for hydroxylation is 1. The molecule has 1 N–H and O–H groups in total. The van der Waals surface area contributed by atoms with E-state index >= 15 is 0 Å². The maximum atomic E-state index is 13.0. The molecule has 180 valence electrons. The zero-order chi connectivity index (χ0) is 24.3. The largest absolute Gasteiger partial charge is 0.497 e. The summed E-state index contributed by atoms with van der Waals surface area (Å²) in [5, 5.41) is 7.66. The normalized spacial score (nSPS) is 15.3. The number of aromatic nitrogens is 2. The molecule has 2 aromatic carbocycles. The van der Waals surface area contributed by atoms with Gasteiger partial charge in [0.05, 0.1) is 35.6 Å². The van der Waals surface area contributed by atoms with Gasteiger partial charge >= 0.3 is 0 Å². The topological polar surface area (TPSA) is 93.5 Å². The van der Waals surface area contributed by atoms with Crippen molar-refractivity contribution < 1.29 is 17.9 Å². The fourth-order valence-electron chi connectivity index (χ4n) is 4.30. The predicted octanol–water partition coefficient (Wildman–Crippen LogP) is 3.60. The lowest BCUT2D eigenvalue weighted by Gasteiger charge is -2.30. The number of amides is 1. The first-order valence-corrected chi connectivity index (χ1v) is 12.8. The molecular weight excluding hydrogens is 452 g/mol. The van der Waals surface area contributed by atoms with Gasteiger partial charge < -0.3 is 10.1 Å². The number of nitrogens with one attached hydrogen (secondary N) is 1. The smallest absolute Gasteiger partial charge is 0.243 e. The zero-order valence-corrected chi connectivity index (χ0v) is 20.5. The molecule has 0 saturated carbocycles. The first kappa shape index (κ1) is 24.0. The minimum absolute atomic E-state index is 0.0936. The van der Waals surface area contributed by atoms with E-state index in [2.05, 4.69) is 10.4 Å². The SMILES string of the molecule is COc1cccc(Cn2nc(C)c(NC(=O)C3CCN(S(=O)(=O)c4ccccc4)CC3)c2C)c1. The molecule has 9 heteroatoms. The molecule has 34 heavy (non-hydrogen) atoms. The molecule has 0 atom stereocenters. The third kappa shape index (κ3) is 5.00. The van der Waals surface area contributed by atoms with E-state index in [0.29, 0.717) is 38.2 Å². The van der Waals surface area contributed by atoms with Gasteiger partial charge in [-0.3, -0.25) is 9.48 Å². The molecule has 4 rings (SSSR count). The summed E-state index contributed by atoms with van der Waals surface area (Å²) in [4.78, 5) is 13.3. The summed E-state index contributed by atoms with van der Waals surface area (Å²) in [5.74, 6) is 0.444. The maximum Gasteiger partial charge on any atom is 0.243 e. The van der Waals surface area contributed by atoms with E-state index in [-0.39, 0.29) is 16.7 Å². The van der Waals surface area contributed by atoms with Gasteiger partial charge in [-0.2, -0.15) is 9.40 Å². The molecule has 2 heterocycles. The van der Waals surface area contributed by atoms with Crippen LogP contribution in [0, 0.1) is 19.8 Å². The van der Waals surface area contributed by atoms with Crippen molar-refractivity contribution in [1.29, 1.82) is 0 Å². The number of rotatable bonds is 7. The molecular formula is C25H30N4O4S. The first-order chi connectivity index (χ1) is 16.3. The van der Waals surface area contributed by atoms with Crippen LogP contribution in [0.15, 0.2) is 59.5 Å². The lowest BCUT2D eigenvalue weighted by Crippen LogP contribution is -2.41. The van der Waals surface area contributed by atoms with Crippen LogP contribution in [-0.4, -0.2) is 48.6 Å². The van der Waals surface area contributed by atoms with Gasteiger partial charge in [0.1, 0.15) is 5.75 Å². The Balaban J connectivity index is 1.40. The van der Waals surface area contributed by atoms with E-state index in [0.717, 1.165) is 22.7 Å². The van der Waals surface area contributed by atoms with E-state index in [4.69, 9.17) is 4.74 Å². The fraction of sp³-hybridized carbons (Fsp3) is 0.360. The number of methoxy groups -OCH3 is 1. The zero-order valence-electron chi connectivity index (χ0n) is 19.7. The number of nitrogens with zero attached hydrogens (tertiary/aromatic N) is 3. The van der Waals surface area contributed by atoms with Gasteiger partial charge in [-0.15, -0.1) is 0 Å². The van der Waals surface area contributed by atoms with Crippen molar-refractivity contribution >= 4 is 21.6 Å². The van der Waals surface area contributed by atoms with Crippen LogP contribution in [0.1, 0.15) is 29.8 Å². The highest BCUT2D eigenvalue weighted by Crippen LogP contribution is 2.27. The van der Waals surface area contributed by atoms with Gasteiger partial charge in [0, 0.05) is 19.0 Å². The quantitative estimate of drug-likeness (QED) is 0.555. The number of benzene rings is 2. The van der Waals surface area contributed by atoms with Crippen molar-refractivity contribution in [3.63, 3.8) is 0 Å². The van der Waals surface area contributed by atoms with Gasteiger partial charge in [-0.25, -0.2) is 8.42 Å². The molecule has 1 aliphatic heterocycles. The third-order valence-electron chi connectivity index (χ3n) is 6.30. The average Bonchev–Trinajstić information content (AvgIpc) is 3.12. The summed E-state index contributed by atoms with van der Waals surface area (Å²) >= 11 is 0. The Bertz CT molecular complexity index is 1260. The Labute approximate surface area is 200 Å². The first-order valence-electron chi connectivity index (χ1n) is 11.3. The predicted molar refractivity (Wildman–Crippen MR) is 130 cm³/mol. The molecule has 1 saturated heterocycles. The minimum Gasteiger partial charge on any atom is -0.497 e. The van der Waals surface area contributed by atoms with Crippen LogP contribution < -0.4 is 10.1 Å². The van der Waals surface area contributed by atoms with Crippen LogP contribution in [-0.2, 0) is 21.4 Å². The summed E-state index contributed by atoms with van der Waals surface area (Å²) in [7, 11) is -1.90. The maximum absolute atomic E-state index is 13.0. The van der Waals surface area contributed by atoms with Crippen LogP contribution in [0.2, 0.25) is 0 Å². The number of anilines is 1. The Morgan fingerprint density at radius 1 is 1.09 bits per heavy atom. The van der Waals surface area contributed by atoms with Gasteiger partial charge in [0.15, 0.2) is 0 Å². The highest BCUT2D eigenvalue weighted by atomic mass is 32.2. The second-order valence-electron chi connectivity index (χ2n) is 8.54. The molecule has 1 amide bonds. The number of hydrogen-bond donors (Lipinski definition) is 1. The molecule has 3 aromatic rings. The Kier molecular flexibility index (Phi) is 7.04. The van der Waals surface area contributed by atoms with Crippen molar-refractivity contribution in [2.24, 2.45) is 5.92 Å². The molecule has 0 aliphatic carbocycles. The monoisotopic (exact) mass is 482 g/mol. The highest BCUT2D eigenvalue weighted by Gasteiger charge is 2.32. The molecule has 0 spiro atoms. The lowest BCUT2D eigenvalue weighted by atomic mass is 9.97. The van der Waals surface area contributed by atoms with Crippen molar-refractivity contribution in [2.45, 2.75) is 38.1 Å². The summed E-state index contributed by atoms with van der Waals surface area (Å²) in [6.45, 7) is 5.02. The summed E-state index contributed by atoms with van der Waals surface area (Å²) in [6, 6.07) is 16.2. The molecule has 0 unspecified atom stereocenters. The van der Waals surface area contributed by atoms with Crippen LogP contribution in [0.25, 0.3) is 0 Å². The van der Waals surface area contributed by atoms with Gasteiger partial charge in [0.2, 0.25) is 15.9 Å². The van der Waals surface area contributed by atoms with Crippen LogP contribution in [0.3, 0.4) is 0 Å². The van der Waals surface area contributed by atoms with Crippen molar-refractivity contribution in [3.05, 3.63) is 71.5 Å². The van der Waals surface area contributed by atoms with E-state index in [9.17, 15) is 13.2 Å². The van der Waals surface area contributed by atoms with Gasteiger partial charge in [-0.1, -0.05) is 30.3 Å². The fourth-order valence-corrected chi connectivity index (χ4v) is 5.79. The molecule has 8 nitrogen and oxygen atoms in total. The van der Waals surface area contributed by atoms with E-state index in [1.165, 1.54) is 4.31 Å². The molecule has 1 aliphatic rings. The third-order valence-corrected chi connectivity index (χ3v) is 8.21. The van der Waals surface area contributed by atoms with Gasteiger partial charge in [0.25, 0.3) is 0 Å². The molecule has 1 aromatic heterocycles. The standard InChI is InChI=1S/C25H30N4O4S/c1-18-24(19(2)29(27-18)17-20-8-7-9-22(16-20)33-3)26-25(30)21-12-14-28(15-13-21)34(31,32)23-10-5-4-6-11-23/h4-11,16,21H,12-15,17H2,1-3H3,(H,26,30). The average molecular weight is 483 g/mol. The van der Waals surface area contributed by atoms with Crippen molar-refractivity contribution in [2.75, 3.05) is 25.5 Å². The summed E-state index contributed by atoms with van der Waals surface area (Å²) in [5.41, 5.74) is 3.39. The second-order valence-corrected chi connectivity index (χ2v) is 10.5. The van der Waals surface area contributed by atoms with Crippen molar-refractivity contribution in [1.82, 2.24) is 14.1 Å². The van der Waals surface area contributed by atoms with E-state index < -0.39 is 10.0 Å². The number of hydrogen-bond acceptors (Lipinski definition) is 5. The van der Waals surface area contributed by atoms with Gasteiger partial charge in [-0.05, 0) is 56.5 Å². The van der Waals surface area contributed by atoms with Crippen LogP contribution >= 0.6 is 0 Å². The summed E-state index contributed by atoms with van der Waals surface area (Å²) in [6.07, 6.45) is 0.960. The number of ether oxygens (including phenoxy) is 1.